The number of rotatable bonds is 9. The molecule has 172 valence electrons. The molecule has 0 atom stereocenters. The van der Waals surface area contributed by atoms with E-state index >= 15 is 0 Å². The normalized spacial score (nSPS) is 10.5. The van der Waals surface area contributed by atoms with Gasteiger partial charge in [0.05, 0.1) is 0 Å². The fourth-order valence-corrected chi connectivity index (χ4v) is 3.99. The van der Waals surface area contributed by atoms with Crippen molar-refractivity contribution in [2.45, 2.75) is 13.0 Å². The standard InChI is InChI=1S/C26H23FN4O2S/c27-20-11-13-22(14-12-20)28-24(32)15-16-31(17-19-7-3-1-4-8-19)25(33)23-18-34-26(30-23)29-21-9-5-2-6-10-21/h1-14,18H,15-17H2,(H,28,32)(H,29,30). The van der Waals surface area contributed by atoms with E-state index in [0.29, 0.717) is 23.1 Å². The number of hydrogen-bond acceptors (Lipinski definition) is 5. The van der Waals surface area contributed by atoms with Crippen LogP contribution in [-0.2, 0) is 11.3 Å². The lowest BCUT2D eigenvalue weighted by Gasteiger charge is -2.22. The van der Waals surface area contributed by atoms with Gasteiger partial charge < -0.3 is 15.5 Å². The topological polar surface area (TPSA) is 74.3 Å². The van der Waals surface area contributed by atoms with Gasteiger partial charge in [0.2, 0.25) is 5.91 Å². The van der Waals surface area contributed by atoms with E-state index in [-0.39, 0.29) is 30.6 Å². The minimum Gasteiger partial charge on any atom is -0.332 e. The number of hydrogen-bond donors (Lipinski definition) is 2. The van der Waals surface area contributed by atoms with E-state index in [1.165, 1.54) is 35.6 Å². The Hall–Kier alpha value is -4.04. The maximum atomic E-state index is 13.3. The number of carbonyl (C=O) groups excluding carboxylic acids is 2. The molecular formula is C26H23FN4O2S. The van der Waals surface area contributed by atoms with Crippen molar-refractivity contribution in [1.82, 2.24) is 9.88 Å². The van der Waals surface area contributed by atoms with E-state index in [2.05, 4.69) is 15.6 Å². The Kier molecular flexibility index (Phi) is 7.62. The molecule has 0 aliphatic carbocycles. The SMILES string of the molecule is O=C(CCN(Cc1ccccc1)C(=O)c1csc(Nc2ccccc2)n1)Nc1ccc(F)cc1. The van der Waals surface area contributed by atoms with Crippen LogP contribution in [0.25, 0.3) is 0 Å². The highest BCUT2D eigenvalue weighted by Gasteiger charge is 2.20. The van der Waals surface area contributed by atoms with Crippen molar-refractivity contribution in [1.29, 1.82) is 0 Å². The number of nitrogens with zero attached hydrogens (tertiary/aromatic N) is 2. The van der Waals surface area contributed by atoms with Gasteiger partial charge in [-0.25, -0.2) is 9.37 Å². The van der Waals surface area contributed by atoms with Gasteiger partial charge in [0.25, 0.3) is 5.91 Å². The van der Waals surface area contributed by atoms with Crippen LogP contribution in [-0.4, -0.2) is 28.2 Å². The van der Waals surface area contributed by atoms with Crippen molar-refractivity contribution in [3.63, 3.8) is 0 Å². The first kappa shape index (κ1) is 23.1. The summed E-state index contributed by atoms with van der Waals surface area (Å²) in [5, 5.41) is 8.25. The maximum Gasteiger partial charge on any atom is 0.273 e. The van der Waals surface area contributed by atoms with Crippen LogP contribution in [0.2, 0.25) is 0 Å². The average Bonchev–Trinajstić information content (AvgIpc) is 3.32. The number of thiazole rings is 1. The smallest absolute Gasteiger partial charge is 0.273 e. The van der Waals surface area contributed by atoms with Crippen LogP contribution in [0.3, 0.4) is 0 Å². The summed E-state index contributed by atoms with van der Waals surface area (Å²) in [6.07, 6.45) is 0.0925. The first-order valence-electron chi connectivity index (χ1n) is 10.7. The number of benzene rings is 3. The lowest BCUT2D eigenvalue weighted by Crippen LogP contribution is -2.33. The zero-order valence-electron chi connectivity index (χ0n) is 18.3. The summed E-state index contributed by atoms with van der Waals surface area (Å²) in [4.78, 5) is 31.8. The number of nitrogens with one attached hydrogen (secondary N) is 2. The Morgan fingerprint density at radius 1 is 0.882 bits per heavy atom. The Labute approximate surface area is 201 Å². The first-order chi connectivity index (χ1) is 16.6. The molecule has 0 fully saturated rings. The number of anilines is 3. The van der Waals surface area contributed by atoms with Gasteiger partial charge in [-0.15, -0.1) is 11.3 Å². The van der Waals surface area contributed by atoms with Crippen molar-refractivity contribution in [2.24, 2.45) is 0 Å². The summed E-state index contributed by atoms with van der Waals surface area (Å²) in [7, 11) is 0. The molecule has 0 aliphatic heterocycles. The summed E-state index contributed by atoms with van der Waals surface area (Å²) < 4.78 is 13.1. The predicted molar refractivity (Wildman–Crippen MR) is 133 cm³/mol. The van der Waals surface area contributed by atoms with Gasteiger partial charge in [-0.3, -0.25) is 9.59 Å². The van der Waals surface area contributed by atoms with Gasteiger partial charge in [0.15, 0.2) is 5.13 Å². The third-order valence-corrected chi connectivity index (χ3v) is 5.75. The second-order valence-electron chi connectivity index (χ2n) is 7.55. The number of aromatic nitrogens is 1. The lowest BCUT2D eigenvalue weighted by molar-refractivity contribution is -0.116. The first-order valence-corrected chi connectivity index (χ1v) is 11.6. The lowest BCUT2D eigenvalue weighted by atomic mass is 10.2. The number of halogens is 1. The Morgan fingerprint density at radius 2 is 1.56 bits per heavy atom. The van der Waals surface area contributed by atoms with E-state index in [1.54, 1.807) is 10.3 Å². The molecule has 0 unspecified atom stereocenters. The van der Waals surface area contributed by atoms with Crippen LogP contribution in [0, 0.1) is 5.82 Å². The van der Waals surface area contributed by atoms with E-state index < -0.39 is 0 Å². The minimum atomic E-state index is -0.373. The van der Waals surface area contributed by atoms with Crippen molar-refractivity contribution in [2.75, 3.05) is 17.2 Å². The monoisotopic (exact) mass is 474 g/mol. The average molecular weight is 475 g/mol. The van der Waals surface area contributed by atoms with Crippen LogP contribution in [0.5, 0.6) is 0 Å². The summed E-state index contributed by atoms with van der Waals surface area (Å²) in [5.74, 6) is -0.889. The van der Waals surface area contributed by atoms with Crippen LogP contribution in [0.15, 0.2) is 90.3 Å². The van der Waals surface area contributed by atoms with Crippen LogP contribution in [0.4, 0.5) is 20.9 Å². The fourth-order valence-electron chi connectivity index (χ4n) is 3.29. The largest absolute Gasteiger partial charge is 0.332 e. The molecule has 4 rings (SSSR count). The maximum absolute atomic E-state index is 13.3. The predicted octanol–water partition coefficient (Wildman–Crippen LogP) is 5.70. The summed E-state index contributed by atoms with van der Waals surface area (Å²) >= 11 is 1.34. The van der Waals surface area contributed by atoms with E-state index in [1.807, 2.05) is 60.7 Å². The molecule has 0 bridgehead atoms. The van der Waals surface area contributed by atoms with Gasteiger partial charge in [-0.2, -0.15) is 0 Å². The van der Waals surface area contributed by atoms with Gasteiger partial charge in [0.1, 0.15) is 11.5 Å². The summed E-state index contributed by atoms with van der Waals surface area (Å²) in [6.45, 7) is 0.558. The summed E-state index contributed by atoms with van der Waals surface area (Å²) in [6, 6.07) is 24.7. The molecular weight excluding hydrogens is 451 g/mol. The zero-order chi connectivity index (χ0) is 23.8. The van der Waals surface area contributed by atoms with E-state index in [0.717, 1.165) is 11.3 Å². The van der Waals surface area contributed by atoms with Crippen LogP contribution in [0.1, 0.15) is 22.5 Å². The zero-order valence-corrected chi connectivity index (χ0v) is 19.1. The molecule has 8 heteroatoms. The second kappa shape index (κ2) is 11.2. The number of carbonyl (C=O) groups is 2. The molecule has 0 saturated carbocycles. The van der Waals surface area contributed by atoms with Crippen LogP contribution < -0.4 is 10.6 Å². The highest BCUT2D eigenvalue weighted by atomic mass is 32.1. The summed E-state index contributed by atoms with van der Waals surface area (Å²) in [5.41, 5.74) is 2.66. The molecule has 3 aromatic carbocycles. The molecule has 6 nitrogen and oxygen atoms in total. The van der Waals surface area contributed by atoms with Crippen molar-refractivity contribution >= 4 is 39.7 Å². The third kappa shape index (κ3) is 6.49. The second-order valence-corrected chi connectivity index (χ2v) is 8.40. The fraction of sp³-hybridized carbons (Fsp3) is 0.115. The quantitative estimate of drug-likeness (QED) is 0.327. The molecule has 0 spiro atoms. The number of para-hydroxylation sites is 1. The van der Waals surface area contributed by atoms with Crippen molar-refractivity contribution in [3.8, 4) is 0 Å². The molecule has 4 aromatic rings. The van der Waals surface area contributed by atoms with Gasteiger partial charge in [-0.1, -0.05) is 48.5 Å². The van der Waals surface area contributed by atoms with Crippen LogP contribution >= 0.6 is 11.3 Å². The van der Waals surface area contributed by atoms with E-state index in [9.17, 15) is 14.0 Å². The Balaban J connectivity index is 1.44. The van der Waals surface area contributed by atoms with Crippen molar-refractivity contribution in [3.05, 3.63) is 107 Å². The molecule has 0 radical (unpaired) electrons. The Bertz CT molecular complexity index is 1230. The van der Waals surface area contributed by atoms with E-state index in [4.69, 9.17) is 0 Å². The molecule has 1 heterocycles. The van der Waals surface area contributed by atoms with Gasteiger partial charge >= 0.3 is 0 Å². The van der Waals surface area contributed by atoms with Gasteiger partial charge in [0, 0.05) is 36.3 Å². The molecule has 0 aliphatic rings. The molecule has 2 amide bonds. The highest BCUT2D eigenvalue weighted by molar-refractivity contribution is 7.14. The van der Waals surface area contributed by atoms with Crippen molar-refractivity contribution < 1.29 is 14.0 Å². The highest BCUT2D eigenvalue weighted by Crippen LogP contribution is 2.22. The Morgan fingerprint density at radius 3 is 2.26 bits per heavy atom. The molecule has 2 N–H and O–H groups in total. The third-order valence-electron chi connectivity index (χ3n) is 4.99. The number of amides is 2. The van der Waals surface area contributed by atoms with Gasteiger partial charge in [-0.05, 0) is 42.0 Å². The molecule has 1 aromatic heterocycles. The molecule has 0 saturated heterocycles. The minimum absolute atomic E-state index is 0.0925. The molecule has 34 heavy (non-hydrogen) atoms.